The molecule has 2 N–H and O–H groups in total. The summed E-state index contributed by atoms with van der Waals surface area (Å²) in [7, 11) is 0. The standard InChI is InChI=1S/C15H17BrClNOS/c1-2-12(18)15(13-6-7-14(16)20-13)19-9-10-4-3-5-11(17)8-10/h3-8,12,15H,2,9,18H2,1H3. The highest BCUT2D eigenvalue weighted by atomic mass is 79.9. The Labute approximate surface area is 137 Å². The molecule has 1 heterocycles. The highest BCUT2D eigenvalue weighted by Gasteiger charge is 2.21. The number of hydrogen-bond acceptors (Lipinski definition) is 3. The van der Waals surface area contributed by atoms with Crippen molar-refractivity contribution in [2.24, 2.45) is 5.73 Å². The van der Waals surface area contributed by atoms with Crippen molar-refractivity contribution >= 4 is 38.9 Å². The van der Waals surface area contributed by atoms with E-state index in [9.17, 15) is 0 Å². The number of benzene rings is 1. The fourth-order valence-electron chi connectivity index (χ4n) is 1.92. The smallest absolute Gasteiger partial charge is 0.107 e. The zero-order valence-electron chi connectivity index (χ0n) is 11.2. The zero-order chi connectivity index (χ0) is 14.5. The molecular weight excluding hydrogens is 358 g/mol. The largest absolute Gasteiger partial charge is 0.366 e. The van der Waals surface area contributed by atoms with Crippen molar-refractivity contribution in [3.63, 3.8) is 0 Å². The van der Waals surface area contributed by atoms with Gasteiger partial charge < -0.3 is 10.5 Å². The summed E-state index contributed by atoms with van der Waals surface area (Å²) >= 11 is 11.1. The molecule has 0 aliphatic rings. The minimum Gasteiger partial charge on any atom is -0.366 e. The first kappa shape index (κ1) is 16.0. The average molecular weight is 375 g/mol. The normalized spacial score (nSPS) is 14.2. The molecule has 0 aliphatic heterocycles. The minimum atomic E-state index is -0.0877. The molecule has 2 rings (SSSR count). The summed E-state index contributed by atoms with van der Waals surface area (Å²) in [6, 6.07) is 11.8. The molecule has 1 aromatic heterocycles. The minimum absolute atomic E-state index is 0.0141. The maximum Gasteiger partial charge on any atom is 0.107 e. The number of hydrogen-bond donors (Lipinski definition) is 1. The number of ether oxygens (including phenoxy) is 1. The van der Waals surface area contributed by atoms with E-state index in [4.69, 9.17) is 22.1 Å². The molecule has 0 fully saturated rings. The van der Waals surface area contributed by atoms with Gasteiger partial charge in [-0.15, -0.1) is 11.3 Å². The highest BCUT2D eigenvalue weighted by molar-refractivity contribution is 9.11. The van der Waals surface area contributed by atoms with E-state index >= 15 is 0 Å². The first-order chi connectivity index (χ1) is 9.60. The molecule has 0 radical (unpaired) electrons. The quantitative estimate of drug-likeness (QED) is 0.758. The van der Waals surface area contributed by atoms with Gasteiger partial charge in [0.1, 0.15) is 6.10 Å². The Balaban J connectivity index is 2.08. The van der Waals surface area contributed by atoms with Gasteiger partial charge in [0.05, 0.1) is 10.4 Å². The van der Waals surface area contributed by atoms with Crippen LogP contribution < -0.4 is 5.73 Å². The van der Waals surface area contributed by atoms with Crippen LogP contribution >= 0.6 is 38.9 Å². The van der Waals surface area contributed by atoms with Crippen molar-refractivity contribution in [1.82, 2.24) is 0 Å². The lowest BCUT2D eigenvalue weighted by Crippen LogP contribution is -2.29. The molecular formula is C15H17BrClNOS. The van der Waals surface area contributed by atoms with E-state index in [2.05, 4.69) is 28.9 Å². The SMILES string of the molecule is CCC(N)C(OCc1cccc(Cl)c1)c1ccc(Br)s1. The van der Waals surface area contributed by atoms with Crippen LogP contribution in [-0.2, 0) is 11.3 Å². The molecule has 0 bridgehead atoms. The average Bonchev–Trinajstić information content (AvgIpc) is 2.85. The Hall–Kier alpha value is -0.390. The summed E-state index contributed by atoms with van der Waals surface area (Å²) in [5, 5.41) is 0.723. The van der Waals surface area contributed by atoms with Gasteiger partial charge in [-0.05, 0) is 52.2 Å². The third kappa shape index (κ3) is 4.30. The molecule has 0 saturated heterocycles. The number of nitrogens with two attached hydrogens (primary N) is 1. The number of rotatable bonds is 6. The Bertz CT molecular complexity index is 560. The molecule has 1 aromatic carbocycles. The molecule has 2 unspecified atom stereocenters. The number of halogens is 2. The zero-order valence-corrected chi connectivity index (χ0v) is 14.3. The summed E-state index contributed by atoms with van der Waals surface area (Å²) < 4.78 is 7.13. The van der Waals surface area contributed by atoms with Crippen LogP contribution in [0, 0.1) is 0 Å². The molecule has 2 aromatic rings. The topological polar surface area (TPSA) is 35.2 Å². The van der Waals surface area contributed by atoms with Crippen molar-refractivity contribution in [1.29, 1.82) is 0 Å². The Kier molecular flexibility index (Phi) is 6.05. The van der Waals surface area contributed by atoms with E-state index in [-0.39, 0.29) is 12.1 Å². The Morgan fingerprint density at radius 2 is 2.15 bits per heavy atom. The second kappa shape index (κ2) is 7.57. The van der Waals surface area contributed by atoms with Crippen molar-refractivity contribution in [2.45, 2.75) is 32.1 Å². The van der Waals surface area contributed by atoms with E-state index in [1.54, 1.807) is 11.3 Å². The van der Waals surface area contributed by atoms with Gasteiger partial charge in [0.15, 0.2) is 0 Å². The molecule has 0 spiro atoms. The molecule has 108 valence electrons. The van der Waals surface area contributed by atoms with Gasteiger partial charge in [0, 0.05) is 15.9 Å². The van der Waals surface area contributed by atoms with Crippen LogP contribution in [0.1, 0.15) is 29.9 Å². The van der Waals surface area contributed by atoms with Crippen LogP contribution in [0.15, 0.2) is 40.2 Å². The van der Waals surface area contributed by atoms with Crippen LogP contribution in [-0.4, -0.2) is 6.04 Å². The van der Waals surface area contributed by atoms with Gasteiger partial charge in [-0.2, -0.15) is 0 Å². The first-order valence-corrected chi connectivity index (χ1v) is 8.45. The summed E-state index contributed by atoms with van der Waals surface area (Å²) in [4.78, 5) is 1.15. The molecule has 0 saturated carbocycles. The lowest BCUT2D eigenvalue weighted by molar-refractivity contribution is 0.0236. The molecule has 5 heteroatoms. The lowest BCUT2D eigenvalue weighted by Gasteiger charge is -2.22. The van der Waals surface area contributed by atoms with Crippen LogP contribution in [0.2, 0.25) is 5.02 Å². The highest BCUT2D eigenvalue weighted by Crippen LogP contribution is 2.32. The summed E-state index contributed by atoms with van der Waals surface area (Å²) in [5.41, 5.74) is 7.25. The second-order valence-corrected chi connectivity index (χ2v) is 7.51. The summed E-state index contributed by atoms with van der Waals surface area (Å²) in [6.07, 6.45) is 0.783. The van der Waals surface area contributed by atoms with E-state index in [1.807, 2.05) is 30.3 Å². The van der Waals surface area contributed by atoms with Gasteiger partial charge in [-0.1, -0.05) is 30.7 Å². The third-order valence-electron chi connectivity index (χ3n) is 3.05. The van der Waals surface area contributed by atoms with E-state index in [0.717, 1.165) is 25.7 Å². The Morgan fingerprint density at radius 1 is 1.35 bits per heavy atom. The van der Waals surface area contributed by atoms with Gasteiger partial charge in [0.25, 0.3) is 0 Å². The predicted molar refractivity (Wildman–Crippen MR) is 89.3 cm³/mol. The first-order valence-electron chi connectivity index (χ1n) is 6.47. The molecule has 20 heavy (non-hydrogen) atoms. The second-order valence-electron chi connectivity index (χ2n) is 4.58. The number of thiophene rings is 1. The molecule has 2 atom stereocenters. The summed E-state index contributed by atoms with van der Waals surface area (Å²) in [5.74, 6) is 0. The van der Waals surface area contributed by atoms with E-state index < -0.39 is 0 Å². The van der Waals surface area contributed by atoms with E-state index in [0.29, 0.717) is 6.61 Å². The van der Waals surface area contributed by atoms with Gasteiger partial charge in [-0.25, -0.2) is 0 Å². The molecule has 0 amide bonds. The fraction of sp³-hybridized carbons (Fsp3) is 0.333. The monoisotopic (exact) mass is 373 g/mol. The van der Waals surface area contributed by atoms with Crippen LogP contribution in [0.3, 0.4) is 0 Å². The van der Waals surface area contributed by atoms with Gasteiger partial charge >= 0.3 is 0 Å². The predicted octanol–water partition coefficient (Wildman–Crippen LogP) is 5.16. The van der Waals surface area contributed by atoms with Gasteiger partial charge in [-0.3, -0.25) is 0 Å². The van der Waals surface area contributed by atoms with Crippen molar-refractivity contribution in [2.75, 3.05) is 0 Å². The van der Waals surface area contributed by atoms with Crippen molar-refractivity contribution in [3.8, 4) is 0 Å². The molecule has 2 nitrogen and oxygen atoms in total. The van der Waals surface area contributed by atoms with Crippen LogP contribution in [0.5, 0.6) is 0 Å². The van der Waals surface area contributed by atoms with Crippen molar-refractivity contribution < 1.29 is 4.74 Å². The fourth-order valence-corrected chi connectivity index (χ4v) is 3.69. The van der Waals surface area contributed by atoms with E-state index in [1.165, 1.54) is 0 Å². The Morgan fingerprint density at radius 3 is 2.75 bits per heavy atom. The maximum absolute atomic E-state index is 6.19. The van der Waals surface area contributed by atoms with Crippen molar-refractivity contribution in [3.05, 3.63) is 55.6 Å². The van der Waals surface area contributed by atoms with Crippen LogP contribution in [0.4, 0.5) is 0 Å². The van der Waals surface area contributed by atoms with Crippen LogP contribution in [0.25, 0.3) is 0 Å². The lowest BCUT2D eigenvalue weighted by atomic mass is 10.1. The maximum atomic E-state index is 6.19. The van der Waals surface area contributed by atoms with Gasteiger partial charge in [0.2, 0.25) is 0 Å². The molecule has 0 aliphatic carbocycles. The third-order valence-corrected chi connectivity index (χ3v) is 4.97. The summed E-state index contributed by atoms with van der Waals surface area (Å²) in [6.45, 7) is 2.58.